The molecule has 3 rings (SSSR count). The van der Waals surface area contributed by atoms with Crippen molar-refractivity contribution >= 4 is 17.5 Å². The number of hydrogen-bond acceptors (Lipinski definition) is 4. The first-order valence-corrected chi connectivity index (χ1v) is 9.76. The molecule has 6 nitrogen and oxygen atoms in total. The monoisotopic (exact) mass is 359 g/mol. The molecule has 0 bridgehead atoms. The lowest BCUT2D eigenvalue weighted by Crippen LogP contribution is -2.52. The number of pyridine rings is 1. The van der Waals surface area contributed by atoms with E-state index in [0.717, 1.165) is 44.7 Å². The maximum atomic E-state index is 12.0. The van der Waals surface area contributed by atoms with Gasteiger partial charge >= 0.3 is 6.03 Å². The Morgan fingerprint density at radius 1 is 1.23 bits per heavy atom. The molecule has 0 radical (unpaired) electrons. The molecule has 0 unspecified atom stereocenters. The molecule has 1 saturated heterocycles. The van der Waals surface area contributed by atoms with Crippen molar-refractivity contribution in [3.63, 3.8) is 0 Å². The lowest BCUT2D eigenvalue weighted by Gasteiger charge is -2.35. The molecule has 1 fully saturated rings. The van der Waals surface area contributed by atoms with E-state index < -0.39 is 0 Å². The Balaban J connectivity index is 1.57. The minimum Gasteiger partial charge on any atom is -0.373 e. The summed E-state index contributed by atoms with van der Waals surface area (Å²) in [5, 5.41) is 6.08. The molecule has 1 aromatic rings. The van der Waals surface area contributed by atoms with Gasteiger partial charge in [-0.3, -0.25) is 0 Å². The topological polar surface area (TPSA) is 60.5 Å². The number of aromatic nitrogens is 1. The van der Waals surface area contributed by atoms with Crippen molar-refractivity contribution < 1.29 is 4.79 Å². The van der Waals surface area contributed by atoms with Crippen LogP contribution < -0.4 is 20.4 Å². The normalized spacial score (nSPS) is 21.3. The van der Waals surface area contributed by atoms with Crippen LogP contribution in [0.15, 0.2) is 12.1 Å². The second-order valence-electron chi connectivity index (χ2n) is 8.93. The van der Waals surface area contributed by atoms with E-state index in [1.165, 1.54) is 11.4 Å². The summed E-state index contributed by atoms with van der Waals surface area (Å²) < 4.78 is 0. The highest BCUT2D eigenvalue weighted by Crippen LogP contribution is 2.30. The number of fused-ring (bicyclic) bond motifs is 1. The highest BCUT2D eigenvalue weighted by Gasteiger charge is 2.25. The Labute approximate surface area is 157 Å². The van der Waals surface area contributed by atoms with Gasteiger partial charge in [0.25, 0.3) is 0 Å². The molecule has 2 aliphatic rings. The van der Waals surface area contributed by atoms with E-state index in [4.69, 9.17) is 4.98 Å². The zero-order valence-corrected chi connectivity index (χ0v) is 16.8. The molecular formula is C20H33N5O. The van der Waals surface area contributed by atoms with Gasteiger partial charge in [-0.1, -0.05) is 6.92 Å². The smallest absolute Gasteiger partial charge is 0.315 e. The molecule has 0 aromatic carbocycles. The lowest BCUT2D eigenvalue weighted by molar-refractivity contribution is 0.225. The Hall–Kier alpha value is -1.98. The molecule has 3 heterocycles. The predicted molar refractivity (Wildman–Crippen MR) is 107 cm³/mol. The number of nitrogens with one attached hydrogen (secondary N) is 2. The Morgan fingerprint density at radius 3 is 2.58 bits per heavy atom. The maximum absolute atomic E-state index is 12.0. The highest BCUT2D eigenvalue weighted by atomic mass is 16.2. The molecule has 0 aliphatic carbocycles. The standard InChI is InChI=1S/C20H33N5O/c1-14-12-16-17(24(5)13-14)6-7-18(22-16)25-10-8-15(9-11-25)21-19(26)23-20(2,3)4/h6-7,14-15H,8-13H2,1-5H3,(H2,21,23,26)/t14-/m1/s1. The van der Waals surface area contributed by atoms with E-state index in [-0.39, 0.29) is 17.6 Å². The summed E-state index contributed by atoms with van der Waals surface area (Å²) in [7, 11) is 2.15. The highest BCUT2D eigenvalue weighted by molar-refractivity contribution is 5.75. The second kappa shape index (κ2) is 7.33. The van der Waals surface area contributed by atoms with E-state index in [2.05, 4.69) is 46.5 Å². The molecular weight excluding hydrogens is 326 g/mol. The van der Waals surface area contributed by atoms with Crippen LogP contribution in [0.25, 0.3) is 0 Å². The molecule has 0 spiro atoms. The van der Waals surface area contributed by atoms with Crippen molar-refractivity contribution in [2.75, 3.05) is 36.5 Å². The van der Waals surface area contributed by atoms with Crippen LogP contribution >= 0.6 is 0 Å². The molecule has 1 atom stereocenters. The Kier molecular flexibility index (Phi) is 5.30. The van der Waals surface area contributed by atoms with Crippen molar-refractivity contribution in [3.05, 3.63) is 17.8 Å². The number of urea groups is 1. The van der Waals surface area contributed by atoms with Crippen LogP contribution in [0, 0.1) is 5.92 Å². The minimum atomic E-state index is -0.206. The van der Waals surface area contributed by atoms with E-state index in [1.807, 2.05) is 20.8 Å². The van der Waals surface area contributed by atoms with E-state index in [0.29, 0.717) is 5.92 Å². The van der Waals surface area contributed by atoms with Crippen LogP contribution in [-0.2, 0) is 6.42 Å². The molecule has 2 amide bonds. The van der Waals surface area contributed by atoms with E-state index in [9.17, 15) is 4.79 Å². The number of hydrogen-bond donors (Lipinski definition) is 2. The van der Waals surface area contributed by atoms with Crippen molar-refractivity contribution in [1.29, 1.82) is 0 Å². The maximum Gasteiger partial charge on any atom is 0.315 e. The van der Waals surface area contributed by atoms with E-state index in [1.54, 1.807) is 0 Å². The molecule has 2 aliphatic heterocycles. The van der Waals surface area contributed by atoms with Crippen LogP contribution in [0.2, 0.25) is 0 Å². The van der Waals surface area contributed by atoms with E-state index >= 15 is 0 Å². The minimum absolute atomic E-state index is 0.0696. The van der Waals surface area contributed by atoms with Gasteiger partial charge in [0.2, 0.25) is 0 Å². The number of piperidine rings is 1. The van der Waals surface area contributed by atoms with Crippen LogP contribution in [0.1, 0.15) is 46.2 Å². The fourth-order valence-corrected chi connectivity index (χ4v) is 3.93. The molecule has 0 saturated carbocycles. The predicted octanol–water partition coefficient (Wildman–Crippen LogP) is 2.78. The van der Waals surface area contributed by atoms with Gasteiger partial charge in [0, 0.05) is 38.3 Å². The molecule has 2 N–H and O–H groups in total. The van der Waals surface area contributed by atoms with Crippen LogP contribution in [0.4, 0.5) is 16.3 Å². The largest absolute Gasteiger partial charge is 0.373 e. The first-order chi connectivity index (χ1) is 12.2. The van der Waals surface area contributed by atoms with Crippen molar-refractivity contribution in [2.45, 2.75) is 58.5 Å². The summed E-state index contributed by atoms with van der Waals surface area (Å²) in [6.45, 7) is 11.2. The summed E-state index contributed by atoms with van der Waals surface area (Å²) >= 11 is 0. The van der Waals surface area contributed by atoms with Crippen molar-refractivity contribution in [1.82, 2.24) is 15.6 Å². The van der Waals surface area contributed by atoms with Gasteiger partial charge < -0.3 is 20.4 Å². The van der Waals surface area contributed by atoms with Gasteiger partial charge in [-0.15, -0.1) is 0 Å². The number of nitrogens with zero attached hydrogens (tertiary/aromatic N) is 3. The summed E-state index contributed by atoms with van der Waals surface area (Å²) in [6.07, 6.45) is 2.96. The third kappa shape index (κ3) is 4.59. The number of anilines is 2. The van der Waals surface area contributed by atoms with Gasteiger partial charge in [0.1, 0.15) is 5.82 Å². The molecule has 144 valence electrons. The number of amides is 2. The molecule has 6 heteroatoms. The van der Waals surface area contributed by atoms with Gasteiger partial charge in [-0.05, 0) is 58.1 Å². The van der Waals surface area contributed by atoms with Gasteiger partial charge in [0.15, 0.2) is 0 Å². The third-order valence-corrected chi connectivity index (χ3v) is 5.12. The molecule has 1 aromatic heterocycles. The van der Waals surface area contributed by atoms with Crippen LogP contribution in [-0.4, -0.2) is 49.3 Å². The first kappa shape index (κ1) is 18.8. The van der Waals surface area contributed by atoms with Crippen LogP contribution in [0.3, 0.4) is 0 Å². The number of carbonyl (C=O) groups excluding carboxylic acids is 1. The van der Waals surface area contributed by atoms with Gasteiger partial charge in [0.05, 0.1) is 11.4 Å². The van der Waals surface area contributed by atoms with Gasteiger partial charge in [-0.2, -0.15) is 0 Å². The Bertz CT molecular complexity index is 646. The fourth-order valence-electron chi connectivity index (χ4n) is 3.93. The average Bonchev–Trinajstić information content (AvgIpc) is 2.53. The quantitative estimate of drug-likeness (QED) is 0.852. The summed E-state index contributed by atoms with van der Waals surface area (Å²) in [6, 6.07) is 4.52. The number of carbonyl (C=O) groups is 1. The lowest BCUT2D eigenvalue weighted by atomic mass is 9.98. The van der Waals surface area contributed by atoms with Crippen LogP contribution in [0.5, 0.6) is 0 Å². The van der Waals surface area contributed by atoms with Gasteiger partial charge in [-0.25, -0.2) is 9.78 Å². The molecule has 26 heavy (non-hydrogen) atoms. The van der Waals surface area contributed by atoms with Crippen molar-refractivity contribution in [2.24, 2.45) is 5.92 Å². The third-order valence-electron chi connectivity index (χ3n) is 5.12. The zero-order valence-electron chi connectivity index (χ0n) is 16.8. The summed E-state index contributed by atoms with van der Waals surface area (Å²) in [5.74, 6) is 1.72. The summed E-state index contributed by atoms with van der Waals surface area (Å²) in [4.78, 5) is 21.7. The Morgan fingerprint density at radius 2 is 1.92 bits per heavy atom. The fraction of sp³-hybridized carbons (Fsp3) is 0.700. The number of rotatable bonds is 2. The van der Waals surface area contributed by atoms with Crippen molar-refractivity contribution in [3.8, 4) is 0 Å². The second-order valence-corrected chi connectivity index (χ2v) is 8.93. The summed E-state index contributed by atoms with van der Waals surface area (Å²) in [5.41, 5.74) is 2.28. The zero-order chi connectivity index (χ0) is 18.9. The first-order valence-electron chi connectivity index (χ1n) is 9.76. The SMILES string of the molecule is C[C@@H]1Cc2nc(N3CCC(NC(=O)NC(C)(C)C)CC3)ccc2N(C)C1. The average molecular weight is 360 g/mol.